The molecule has 0 saturated heterocycles. The van der Waals surface area contributed by atoms with Gasteiger partial charge < -0.3 is 26.8 Å². The van der Waals surface area contributed by atoms with Crippen LogP contribution >= 0.6 is 0 Å². The number of halogens is 1. The van der Waals surface area contributed by atoms with Crippen molar-refractivity contribution in [2.45, 2.75) is 19.9 Å². The smallest absolute Gasteiger partial charge is 0.262 e. The molecule has 3 aromatic rings. The number of likely N-dealkylation sites (N-methyl/N-ethyl adjacent to an activating group) is 1. The average molecular weight is 385 g/mol. The molecule has 6 heteroatoms. The third kappa shape index (κ3) is 2.78. The molecule has 0 amide bonds. The minimum absolute atomic E-state index is 0. The maximum absolute atomic E-state index is 13.4. The van der Waals surface area contributed by atoms with Crippen molar-refractivity contribution in [1.29, 1.82) is 0 Å². The molecule has 0 spiro atoms. The number of hydrogen-bond acceptors (Lipinski definition) is 3. The Labute approximate surface area is 163 Å². The minimum Gasteiger partial charge on any atom is -1.00 e. The summed E-state index contributed by atoms with van der Waals surface area (Å²) in [6.07, 6.45) is 0.889. The molecular formula is C21H21ClN2O3. The Kier molecular flexibility index (Phi) is 4.36. The highest BCUT2D eigenvalue weighted by atomic mass is 35.5. The largest absolute Gasteiger partial charge is 1.00 e. The van der Waals surface area contributed by atoms with Gasteiger partial charge >= 0.3 is 0 Å². The molecule has 0 aliphatic carbocycles. The lowest BCUT2D eigenvalue weighted by molar-refractivity contribution is -0.895. The van der Waals surface area contributed by atoms with Crippen LogP contribution < -0.4 is 26.8 Å². The van der Waals surface area contributed by atoms with Gasteiger partial charge in [-0.3, -0.25) is 9.36 Å². The first-order valence-electron chi connectivity index (χ1n) is 9.00. The first-order valence-corrected chi connectivity index (χ1v) is 9.00. The normalized spacial score (nSPS) is 17.5. The number of aryl methyl sites for hydroxylation is 1. The van der Waals surface area contributed by atoms with E-state index < -0.39 is 0 Å². The SMILES string of the molecule is Cc1ccc(C(=O)n2c3c(c4cc5c(cc42)OCO5)C[NH+](C)CC3)cc1.[Cl-]. The fourth-order valence-electron chi connectivity index (χ4n) is 4.03. The van der Waals surface area contributed by atoms with Gasteiger partial charge in [-0.15, -0.1) is 0 Å². The predicted octanol–water partition coefficient (Wildman–Crippen LogP) is -1.06. The highest BCUT2D eigenvalue weighted by Crippen LogP contribution is 2.39. The van der Waals surface area contributed by atoms with Gasteiger partial charge in [-0.05, 0) is 25.1 Å². The number of nitrogens with one attached hydrogen (secondary N) is 1. The van der Waals surface area contributed by atoms with Crippen molar-refractivity contribution in [3.8, 4) is 11.5 Å². The molecule has 1 atom stereocenters. The highest BCUT2D eigenvalue weighted by molar-refractivity contribution is 6.04. The number of nitrogens with zero attached hydrogens (tertiary/aromatic N) is 1. The summed E-state index contributed by atoms with van der Waals surface area (Å²) in [6, 6.07) is 11.8. The van der Waals surface area contributed by atoms with Crippen molar-refractivity contribution >= 4 is 16.8 Å². The summed E-state index contributed by atoms with van der Waals surface area (Å²) in [4.78, 5) is 14.8. The maximum atomic E-state index is 13.4. The predicted molar refractivity (Wildman–Crippen MR) is 98.1 cm³/mol. The van der Waals surface area contributed by atoms with Crippen LogP contribution in [0.25, 0.3) is 10.9 Å². The van der Waals surface area contributed by atoms with Gasteiger partial charge in [0.25, 0.3) is 5.91 Å². The van der Waals surface area contributed by atoms with E-state index in [9.17, 15) is 4.79 Å². The monoisotopic (exact) mass is 384 g/mol. The van der Waals surface area contributed by atoms with E-state index in [1.165, 1.54) is 10.5 Å². The fraction of sp³-hybridized carbons (Fsp3) is 0.286. The van der Waals surface area contributed by atoms with Crippen LogP contribution in [-0.4, -0.2) is 30.9 Å². The number of benzene rings is 2. The Hall–Kier alpha value is -2.50. The molecule has 2 aliphatic heterocycles. The first-order chi connectivity index (χ1) is 12.6. The molecule has 0 radical (unpaired) electrons. The van der Waals surface area contributed by atoms with E-state index in [0.29, 0.717) is 11.3 Å². The lowest BCUT2D eigenvalue weighted by Crippen LogP contribution is -3.08. The number of rotatable bonds is 1. The van der Waals surface area contributed by atoms with Gasteiger partial charge in [-0.1, -0.05) is 17.7 Å². The Bertz CT molecular complexity index is 1040. The highest BCUT2D eigenvalue weighted by Gasteiger charge is 2.30. The molecule has 27 heavy (non-hydrogen) atoms. The second-order valence-electron chi connectivity index (χ2n) is 7.29. The topological polar surface area (TPSA) is 44.9 Å². The molecule has 0 bridgehead atoms. The van der Waals surface area contributed by atoms with Crippen LogP contribution in [0.4, 0.5) is 0 Å². The zero-order valence-electron chi connectivity index (χ0n) is 15.3. The van der Waals surface area contributed by atoms with Crippen molar-refractivity contribution in [3.05, 3.63) is 58.8 Å². The van der Waals surface area contributed by atoms with E-state index in [4.69, 9.17) is 9.47 Å². The lowest BCUT2D eigenvalue weighted by atomic mass is 10.0. The van der Waals surface area contributed by atoms with Crippen LogP contribution in [0, 0.1) is 6.92 Å². The van der Waals surface area contributed by atoms with Gasteiger partial charge in [0.05, 0.1) is 19.1 Å². The summed E-state index contributed by atoms with van der Waals surface area (Å²) in [5.74, 6) is 1.50. The number of carbonyl (C=O) groups is 1. The molecule has 140 valence electrons. The van der Waals surface area contributed by atoms with Crippen LogP contribution in [0.3, 0.4) is 0 Å². The van der Waals surface area contributed by atoms with E-state index in [2.05, 4.69) is 7.05 Å². The quantitative estimate of drug-likeness (QED) is 0.582. The number of hydrogen-bond donors (Lipinski definition) is 1. The summed E-state index contributed by atoms with van der Waals surface area (Å²) in [5, 5.41) is 1.10. The molecule has 1 aromatic heterocycles. The molecule has 2 aliphatic rings. The van der Waals surface area contributed by atoms with Gasteiger partial charge in [-0.25, -0.2) is 0 Å². The number of aromatic nitrogens is 1. The Morgan fingerprint density at radius 3 is 2.56 bits per heavy atom. The van der Waals surface area contributed by atoms with Gasteiger partial charge in [-0.2, -0.15) is 0 Å². The van der Waals surface area contributed by atoms with E-state index >= 15 is 0 Å². The summed E-state index contributed by atoms with van der Waals surface area (Å²) in [5.41, 5.74) is 5.15. The molecule has 0 saturated carbocycles. The van der Waals surface area contributed by atoms with Crippen LogP contribution in [0.15, 0.2) is 36.4 Å². The summed E-state index contributed by atoms with van der Waals surface area (Å²) < 4.78 is 13.0. The second-order valence-corrected chi connectivity index (χ2v) is 7.29. The summed E-state index contributed by atoms with van der Waals surface area (Å²) in [7, 11) is 2.20. The third-order valence-corrected chi connectivity index (χ3v) is 5.44. The molecule has 5 rings (SSSR count). The molecule has 3 heterocycles. The van der Waals surface area contributed by atoms with Crippen molar-refractivity contribution in [1.82, 2.24) is 4.57 Å². The zero-order valence-corrected chi connectivity index (χ0v) is 16.1. The minimum atomic E-state index is 0. The van der Waals surface area contributed by atoms with Crippen molar-refractivity contribution in [3.63, 3.8) is 0 Å². The van der Waals surface area contributed by atoms with E-state index in [1.807, 2.05) is 47.9 Å². The Morgan fingerprint density at radius 1 is 1.11 bits per heavy atom. The molecular weight excluding hydrogens is 364 g/mol. The molecule has 2 aromatic carbocycles. The molecule has 1 unspecified atom stereocenters. The van der Waals surface area contributed by atoms with E-state index in [1.54, 1.807) is 0 Å². The van der Waals surface area contributed by atoms with Crippen LogP contribution in [0.5, 0.6) is 11.5 Å². The van der Waals surface area contributed by atoms with Crippen molar-refractivity contribution in [2.75, 3.05) is 20.4 Å². The Morgan fingerprint density at radius 2 is 1.81 bits per heavy atom. The zero-order chi connectivity index (χ0) is 17.8. The molecule has 1 N–H and O–H groups in total. The number of quaternary nitrogens is 1. The van der Waals surface area contributed by atoms with E-state index in [0.717, 1.165) is 47.4 Å². The van der Waals surface area contributed by atoms with Gasteiger partial charge in [0.15, 0.2) is 11.5 Å². The van der Waals surface area contributed by atoms with E-state index in [-0.39, 0.29) is 25.1 Å². The first kappa shape index (κ1) is 17.9. The molecule has 5 nitrogen and oxygen atoms in total. The van der Waals surface area contributed by atoms with Crippen molar-refractivity contribution < 1.29 is 31.6 Å². The number of ether oxygens (including phenoxy) is 2. The van der Waals surface area contributed by atoms with Crippen molar-refractivity contribution in [2.24, 2.45) is 0 Å². The summed E-state index contributed by atoms with van der Waals surface area (Å²) >= 11 is 0. The lowest BCUT2D eigenvalue weighted by Gasteiger charge is -2.21. The number of fused-ring (bicyclic) bond motifs is 4. The fourth-order valence-corrected chi connectivity index (χ4v) is 4.03. The maximum Gasteiger partial charge on any atom is 0.262 e. The van der Waals surface area contributed by atoms with Gasteiger partial charge in [0.2, 0.25) is 6.79 Å². The molecule has 0 fully saturated rings. The number of carbonyl (C=O) groups excluding carboxylic acids is 1. The second kappa shape index (κ2) is 6.59. The van der Waals surface area contributed by atoms with Crippen LogP contribution in [0.2, 0.25) is 0 Å². The van der Waals surface area contributed by atoms with Gasteiger partial charge in [0, 0.05) is 34.7 Å². The standard InChI is InChI=1S/C21H20N2O3.ClH/c1-13-3-5-14(6-4-13)21(24)23-17-7-8-22(2)11-16(17)15-9-19-20(10-18(15)23)26-12-25-19;/h3-6,9-10H,7-8,11-12H2,1-2H3;1H. The third-order valence-electron chi connectivity index (χ3n) is 5.44. The van der Waals surface area contributed by atoms with Crippen LogP contribution in [-0.2, 0) is 13.0 Å². The van der Waals surface area contributed by atoms with Gasteiger partial charge in [0.1, 0.15) is 6.54 Å². The summed E-state index contributed by atoms with van der Waals surface area (Å²) in [6.45, 7) is 4.21. The van der Waals surface area contributed by atoms with Crippen LogP contribution in [0.1, 0.15) is 27.2 Å². The Balaban J connectivity index is 0.00000180. The average Bonchev–Trinajstić information content (AvgIpc) is 3.21.